The fourth-order valence-electron chi connectivity index (χ4n) is 2.68. The molecule has 1 atom stereocenters. The van der Waals surface area contributed by atoms with Crippen LogP contribution < -0.4 is 9.64 Å². The molecule has 2 heterocycles. The Kier molecular flexibility index (Phi) is 4.73. The number of alkyl halides is 4. The second-order valence-electron chi connectivity index (χ2n) is 5.64. The number of ether oxygens (including phenoxy) is 1. The van der Waals surface area contributed by atoms with Crippen LogP contribution >= 0.6 is 0 Å². The maximum Gasteiger partial charge on any atom is 0.573 e. The van der Waals surface area contributed by atoms with Crippen LogP contribution in [0, 0.1) is 5.82 Å². The van der Waals surface area contributed by atoms with Crippen LogP contribution in [0.5, 0.6) is 5.75 Å². The third-order valence-electron chi connectivity index (χ3n) is 3.79. The topological polar surface area (TPSA) is 38.2 Å². The van der Waals surface area contributed by atoms with Gasteiger partial charge in [0.05, 0.1) is 12.2 Å². The summed E-state index contributed by atoms with van der Waals surface area (Å²) in [4.78, 5) is 9.86. The highest BCUT2D eigenvalue weighted by molar-refractivity contribution is 5.63. The van der Waals surface area contributed by atoms with Gasteiger partial charge < -0.3 is 9.64 Å². The highest BCUT2D eigenvalue weighted by atomic mass is 19.4. The molecule has 0 aliphatic carbocycles. The largest absolute Gasteiger partial charge is 0.573 e. The Balaban J connectivity index is 1.84. The second-order valence-corrected chi connectivity index (χ2v) is 5.64. The number of aromatic nitrogens is 2. The highest BCUT2D eigenvalue weighted by Crippen LogP contribution is 2.30. The monoisotopic (exact) mass is 359 g/mol. The predicted molar refractivity (Wildman–Crippen MR) is 80.5 cm³/mol. The van der Waals surface area contributed by atoms with Crippen molar-refractivity contribution in [3.63, 3.8) is 0 Å². The van der Waals surface area contributed by atoms with Crippen LogP contribution in [0.1, 0.15) is 12.8 Å². The molecule has 1 unspecified atom stereocenters. The Hall–Kier alpha value is -2.45. The Morgan fingerprint density at radius 1 is 1.16 bits per heavy atom. The molecule has 0 bridgehead atoms. The highest BCUT2D eigenvalue weighted by Gasteiger charge is 2.32. The van der Waals surface area contributed by atoms with Crippen LogP contribution in [0.3, 0.4) is 0 Å². The Morgan fingerprint density at radius 2 is 1.96 bits per heavy atom. The molecular formula is C16H14F5N3O. The number of rotatable bonds is 3. The van der Waals surface area contributed by atoms with Gasteiger partial charge >= 0.3 is 6.36 Å². The van der Waals surface area contributed by atoms with Crippen LogP contribution in [0.25, 0.3) is 11.3 Å². The third kappa shape index (κ3) is 4.34. The molecule has 2 aromatic rings. The maximum atomic E-state index is 13.8. The number of piperidine rings is 1. The first kappa shape index (κ1) is 17.4. The summed E-state index contributed by atoms with van der Waals surface area (Å²) in [6.07, 6.45) is -3.46. The van der Waals surface area contributed by atoms with Crippen LogP contribution in [-0.2, 0) is 0 Å². The van der Waals surface area contributed by atoms with Crippen molar-refractivity contribution in [3.8, 4) is 17.0 Å². The molecule has 0 radical (unpaired) electrons. The first-order valence-electron chi connectivity index (χ1n) is 7.58. The van der Waals surface area contributed by atoms with Crippen molar-refractivity contribution in [2.45, 2.75) is 25.4 Å². The molecule has 134 valence electrons. The Morgan fingerprint density at radius 3 is 2.64 bits per heavy atom. The minimum Gasteiger partial charge on any atom is -0.403 e. The Bertz CT molecular complexity index is 753. The molecule has 9 heteroatoms. The van der Waals surface area contributed by atoms with E-state index in [1.54, 1.807) is 11.0 Å². The molecule has 0 N–H and O–H groups in total. The van der Waals surface area contributed by atoms with Crippen LogP contribution in [0.15, 0.2) is 30.6 Å². The molecule has 1 saturated heterocycles. The smallest absolute Gasteiger partial charge is 0.403 e. The van der Waals surface area contributed by atoms with E-state index in [0.29, 0.717) is 30.9 Å². The van der Waals surface area contributed by atoms with Gasteiger partial charge in [-0.15, -0.1) is 13.2 Å². The fraction of sp³-hybridized carbons (Fsp3) is 0.375. The lowest BCUT2D eigenvalue weighted by Crippen LogP contribution is -2.36. The molecule has 3 rings (SSSR count). The first-order chi connectivity index (χ1) is 11.8. The van der Waals surface area contributed by atoms with Crippen molar-refractivity contribution < 1.29 is 26.7 Å². The van der Waals surface area contributed by atoms with Crippen LogP contribution in [-0.4, -0.2) is 35.6 Å². The summed E-state index contributed by atoms with van der Waals surface area (Å²) in [6.45, 7) is 0.854. The summed E-state index contributed by atoms with van der Waals surface area (Å²) in [5.74, 6) is -1.58. The van der Waals surface area contributed by atoms with Gasteiger partial charge in [-0.25, -0.2) is 18.7 Å². The lowest BCUT2D eigenvalue weighted by atomic mass is 10.1. The van der Waals surface area contributed by atoms with E-state index in [0.717, 1.165) is 12.1 Å². The van der Waals surface area contributed by atoms with Gasteiger partial charge in [-0.1, -0.05) is 0 Å². The van der Waals surface area contributed by atoms with Crippen molar-refractivity contribution in [1.82, 2.24) is 9.97 Å². The van der Waals surface area contributed by atoms with E-state index in [2.05, 4.69) is 14.7 Å². The third-order valence-corrected chi connectivity index (χ3v) is 3.79. The summed E-state index contributed by atoms with van der Waals surface area (Å²) in [6, 6.07) is 4.61. The second kappa shape index (κ2) is 6.81. The molecule has 1 aromatic carbocycles. The van der Waals surface area contributed by atoms with Gasteiger partial charge in [0.2, 0.25) is 0 Å². The molecule has 1 aromatic heterocycles. The van der Waals surface area contributed by atoms with Gasteiger partial charge in [-0.05, 0) is 31.0 Å². The molecule has 1 fully saturated rings. The molecule has 25 heavy (non-hydrogen) atoms. The number of anilines is 1. The van der Waals surface area contributed by atoms with Gasteiger partial charge in [0.25, 0.3) is 0 Å². The molecule has 1 aliphatic heterocycles. The van der Waals surface area contributed by atoms with Crippen molar-refractivity contribution in [2.24, 2.45) is 0 Å². The molecule has 0 spiro atoms. The SMILES string of the molecule is Fc1cc(-c2cc(N3CCCC(F)C3)ncn2)ccc1OC(F)(F)F. The first-order valence-corrected chi connectivity index (χ1v) is 7.58. The van der Waals surface area contributed by atoms with Gasteiger partial charge in [-0.2, -0.15) is 0 Å². The van der Waals surface area contributed by atoms with Crippen LogP contribution in [0.4, 0.5) is 27.8 Å². The summed E-state index contributed by atoms with van der Waals surface area (Å²) >= 11 is 0. The van der Waals surface area contributed by atoms with Crippen molar-refractivity contribution in [1.29, 1.82) is 0 Å². The van der Waals surface area contributed by atoms with E-state index in [4.69, 9.17) is 0 Å². The summed E-state index contributed by atoms with van der Waals surface area (Å²) < 4.78 is 67.5. The zero-order chi connectivity index (χ0) is 18.0. The van der Waals surface area contributed by atoms with Crippen molar-refractivity contribution >= 4 is 5.82 Å². The van der Waals surface area contributed by atoms with Crippen LogP contribution in [0.2, 0.25) is 0 Å². The van der Waals surface area contributed by atoms with Gasteiger partial charge in [0.15, 0.2) is 11.6 Å². The van der Waals surface area contributed by atoms with Gasteiger partial charge in [-0.3, -0.25) is 0 Å². The molecule has 4 nitrogen and oxygen atoms in total. The number of benzene rings is 1. The standard InChI is InChI=1S/C16H14F5N3O/c17-11-2-1-5-24(8-11)15-7-13(22-9-23-15)10-3-4-14(12(18)6-10)25-16(19,20)21/h3-4,6-7,9,11H,1-2,5,8H2. The van der Waals surface area contributed by atoms with E-state index < -0.39 is 24.1 Å². The van der Waals surface area contributed by atoms with E-state index in [1.807, 2.05) is 0 Å². The number of hydrogen-bond acceptors (Lipinski definition) is 4. The fourth-order valence-corrected chi connectivity index (χ4v) is 2.68. The van der Waals surface area contributed by atoms with Gasteiger partial charge in [0.1, 0.15) is 18.3 Å². The van der Waals surface area contributed by atoms with E-state index in [-0.39, 0.29) is 12.1 Å². The van der Waals surface area contributed by atoms with E-state index in [9.17, 15) is 22.0 Å². The average molecular weight is 359 g/mol. The normalized spacial score (nSPS) is 18.3. The minimum atomic E-state index is -4.97. The Labute approximate surface area is 140 Å². The molecule has 0 amide bonds. The average Bonchev–Trinajstić information content (AvgIpc) is 2.56. The molecular weight excluding hydrogens is 345 g/mol. The van der Waals surface area contributed by atoms with E-state index in [1.165, 1.54) is 12.4 Å². The maximum absolute atomic E-state index is 13.8. The zero-order valence-corrected chi connectivity index (χ0v) is 12.9. The molecule has 0 saturated carbocycles. The van der Waals surface area contributed by atoms with Gasteiger partial charge in [0, 0.05) is 18.2 Å². The molecule has 1 aliphatic rings. The number of halogens is 5. The van der Waals surface area contributed by atoms with Crippen molar-refractivity contribution in [2.75, 3.05) is 18.0 Å². The number of hydrogen-bond donors (Lipinski definition) is 0. The van der Waals surface area contributed by atoms with E-state index >= 15 is 0 Å². The summed E-state index contributed by atoms with van der Waals surface area (Å²) in [5.41, 5.74) is 0.591. The summed E-state index contributed by atoms with van der Waals surface area (Å²) in [7, 11) is 0. The zero-order valence-electron chi connectivity index (χ0n) is 12.9. The lowest BCUT2D eigenvalue weighted by Gasteiger charge is -2.29. The number of nitrogens with zero attached hydrogens (tertiary/aromatic N) is 3. The summed E-state index contributed by atoms with van der Waals surface area (Å²) in [5, 5.41) is 0. The minimum absolute atomic E-state index is 0.211. The van der Waals surface area contributed by atoms with Crippen molar-refractivity contribution in [3.05, 3.63) is 36.4 Å². The quantitative estimate of drug-likeness (QED) is 0.773. The predicted octanol–water partition coefficient (Wildman–Crippen LogP) is 4.12. The lowest BCUT2D eigenvalue weighted by molar-refractivity contribution is -0.275.